The van der Waals surface area contributed by atoms with Gasteiger partial charge in [-0.3, -0.25) is 0 Å². The number of aromatic nitrogens is 2. The first-order valence-electron chi connectivity index (χ1n) is 9.76. The van der Waals surface area contributed by atoms with Crippen LogP contribution in [0.5, 0.6) is 0 Å². The zero-order valence-electron chi connectivity index (χ0n) is 18.3. The van der Waals surface area contributed by atoms with Gasteiger partial charge in [0, 0.05) is 24.2 Å². The monoisotopic (exact) mass is 493 g/mol. The fourth-order valence-electron chi connectivity index (χ4n) is 3.07. The number of carboxylic acid groups (broad SMARTS) is 1. The Balaban J connectivity index is 2.28. The summed E-state index contributed by atoms with van der Waals surface area (Å²) in [5.74, 6) is -0.289. The second kappa shape index (κ2) is 9.78. The lowest BCUT2D eigenvalue weighted by Gasteiger charge is -2.32. The standard InChI is InChI=1S/C20H21F6N5O3/c1-18(2,3)31(17(32)33)7-6-16-28-15(29-34-16)10-30(11-19(21,22)23)13-5-4-12(9-27)14(8-13)20(24,25)26/h4-5,8H,6-7,10-11H2,1-3H3,(H,32,33). The molecule has 0 atom stereocenters. The molecule has 1 aromatic heterocycles. The van der Waals surface area contributed by atoms with Gasteiger partial charge < -0.3 is 19.4 Å². The van der Waals surface area contributed by atoms with E-state index in [1.807, 2.05) is 0 Å². The molecule has 34 heavy (non-hydrogen) atoms. The molecule has 186 valence electrons. The molecule has 14 heteroatoms. The van der Waals surface area contributed by atoms with Crippen LogP contribution in [0.15, 0.2) is 22.7 Å². The van der Waals surface area contributed by atoms with Gasteiger partial charge in [0.15, 0.2) is 5.82 Å². The molecule has 0 aliphatic heterocycles. The summed E-state index contributed by atoms with van der Waals surface area (Å²) in [5, 5.41) is 21.8. The molecular weight excluding hydrogens is 472 g/mol. The number of anilines is 1. The van der Waals surface area contributed by atoms with Gasteiger partial charge >= 0.3 is 18.4 Å². The fraction of sp³-hybridized carbons (Fsp3) is 0.500. The van der Waals surface area contributed by atoms with Gasteiger partial charge in [-0.15, -0.1) is 0 Å². The molecule has 0 saturated carbocycles. The van der Waals surface area contributed by atoms with E-state index >= 15 is 0 Å². The molecule has 2 aromatic rings. The average molecular weight is 493 g/mol. The topological polar surface area (TPSA) is 106 Å². The normalized spacial score (nSPS) is 12.4. The molecule has 0 unspecified atom stereocenters. The molecule has 0 aliphatic carbocycles. The second-order valence-corrected chi connectivity index (χ2v) is 8.27. The zero-order valence-corrected chi connectivity index (χ0v) is 18.3. The predicted octanol–water partition coefficient (Wildman–Crippen LogP) is 4.85. The van der Waals surface area contributed by atoms with Crippen LogP contribution >= 0.6 is 0 Å². The summed E-state index contributed by atoms with van der Waals surface area (Å²) >= 11 is 0. The van der Waals surface area contributed by atoms with E-state index in [9.17, 15) is 36.2 Å². The quantitative estimate of drug-likeness (QED) is 0.550. The smallest absolute Gasteiger partial charge is 0.417 e. The van der Waals surface area contributed by atoms with Crippen LogP contribution in [0.1, 0.15) is 43.6 Å². The Bertz CT molecular complexity index is 1050. The van der Waals surface area contributed by atoms with Gasteiger partial charge in [0.25, 0.3) is 0 Å². The van der Waals surface area contributed by atoms with Crippen LogP contribution in [0.4, 0.5) is 36.8 Å². The third-order valence-corrected chi connectivity index (χ3v) is 4.60. The van der Waals surface area contributed by atoms with E-state index in [4.69, 9.17) is 9.78 Å². The van der Waals surface area contributed by atoms with Gasteiger partial charge in [-0.2, -0.15) is 36.6 Å². The van der Waals surface area contributed by atoms with E-state index in [1.165, 1.54) is 6.07 Å². The number of nitrogens with zero attached hydrogens (tertiary/aromatic N) is 5. The third kappa shape index (κ3) is 7.26. The van der Waals surface area contributed by atoms with Crippen molar-refractivity contribution in [1.29, 1.82) is 5.26 Å². The van der Waals surface area contributed by atoms with Crippen LogP contribution in [-0.4, -0.2) is 51.0 Å². The van der Waals surface area contributed by atoms with Crippen molar-refractivity contribution < 1.29 is 40.8 Å². The molecule has 0 fully saturated rings. The number of alkyl halides is 6. The van der Waals surface area contributed by atoms with Crippen molar-refractivity contribution in [3.8, 4) is 6.07 Å². The Morgan fingerprint density at radius 2 is 1.82 bits per heavy atom. The van der Waals surface area contributed by atoms with Crippen molar-refractivity contribution in [3.05, 3.63) is 41.0 Å². The lowest BCUT2D eigenvalue weighted by atomic mass is 10.1. The highest BCUT2D eigenvalue weighted by atomic mass is 19.4. The third-order valence-electron chi connectivity index (χ3n) is 4.60. The minimum absolute atomic E-state index is 0.0229. The van der Waals surface area contributed by atoms with Gasteiger partial charge in [-0.05, 0) is 39.0 Å². The number of nitriles is 1. The Kier molecular flexibility index (Phi) is 7.69. The summed E-state index contributed by atoms with van der Waals surface area (Å²) in [6, 6.07) is 3.58. The maximum Gasteiger partial charge on any atom is 0.417 e. The van der Waals surface area contributed by atoms with E-state index < -0.39 is 53.9 Å². The van der Waals surface area contributed by atoms with Crippen molar-refractivity contribution in [1.82, 2.24) is 15.0 Å². The number of hydrogen-bond acceptors (Lipinski definition) is 6. The first-order chi connectivity index (χ1) is 15.5. The molecule has 1 heterocycles. The molecule has 0 spiro atoms. The molecule has 1 N–H and O–H groups in total. The van der Waals surface area contributed by atoms with Gasteiger partial charge in [-0.1, -0.05) is 5.16 Å². The molecule has 0 saturated heterocycles. The van der Waals surface area contributed by atoms with Crippen molar-refractivity contribution in [2.24, 2.45) is 0 Å². The van der Waals surface area contributed by atoms with E-state index in [2.05, 4.69) is 10.1 Å². The molecule has 1 aromatic carbocycles. The summed E-state index contributed by atoms with van der Waals surface area (Å²) in [6.07, 6.45) is -10.9. The lowest BCUT2D eigenvalue weighted by molar-refractivity contribution is -0.137. The Labute approximate surface area is 190 Å². The fourth-order valence-corrected chi connectivity index (χ4v) is 3.07. The number of amides is 1. The summed E-state index contributed by atoms with van der Waals surface area (Å²) in [5.41, 5.74) is -3.28. The van der Waals surface area contributed by atoms with Crippen LogP contribution in [0.2, 0.25) is 0 Å². The number of rotatable bonds is 7. The number of halogens is 6. The van der Waals surface area contributed by atoms with Crippen LogP contribution < -0.4 is 4.90 Å². The highest BCUT2D eigenvalue weighted by Crippen LogP contribution is 2.35. The van der Waals surface area contributed by atoms with Crippen LogP contribution in [0, 0.1) is 11.3 Å². The van der Waals surface area contributed by atoms with Crippen molar-refractivity contribution in [2.75, 3.05) is 18.0 Å². The zero-order chi connectivity index (χ0) is 25.9. The number of hydrogen-bond donors (Lipinski definition) is 1. The number of carbonyl (C=O) groups is 1. The molecule has 0 bridgehead atoms. The van der Waals surface area contributed by atoms with Crippen molar-refractivity contribution in [3.63, 3.8) is 0 Å². The summed E-state index contributed by atoms with van der Waals surface area (Å²) in [7, 11) is 0. The highest BCUT2D eigenvalue weighted by molar-refractivity contribution is 5.66. The molecule has 8 nitrogen and oxygen atoms in total. The van der Waals surface area contributed by atoms with Crippen molar-refractivity contribution in [2.45, 2.75) is 51.6 Å². The van der Waals surface area contributed by atoms with Gasteiger partial charge in [0.2, 0.25) is 5.89 Å². The minimum Gasteiger partial charge on any atom is -0.465 e. The van der Waals surface area contributed by atoms with Crippen LogP contribution in [0.3, 0.4) is 0 Å². The lowest BCUT2D eigenvalue weighted by Crippen LogP contribution is -2.45. The molecule has 1 amide bonds. The summed E-state index contributed by atoms with van der Waals surface area (Å²) < 4.78 is 84.2. The highest BCUT2D eigenvalue weighted by Gasteiger charge is 2.36. The van der Waals surface area contributed by atoms with E-state index in [0.717, 1.165) is 17.0 Å². The Morgan fingerprint density at radius 3 is 2.32 bits per heavy atom. The predicted molar refractivity (Wildman–Crippen MR) is 106 cm³/mol. The summed E-state index contributed by atoms with van der Waals surface area (Å²) in [4.78, 5) is 17.0. The SMILES string of the molecule is CC(C)(C)N(CCc1nc(CN(CC(F)(F)F)c2ccc(C#N)c(C(F)(F)F)c2)no1)C(=O)O. The Hall–Kier alpha value is -3.50. The summed E-state index contributed by atoms with van der Waals surface area (Å²) in [6.45, 7) is 2.72. The van der Waals surface area contributed by atoms with Crippen LogP contribution in [0.25, 0.3) is 0 Å². The molecular formula is C20H21F6N5O3. The second-order valence-electron chi connectivity index (χ2n) is 8.27. The maximum absolute atomic E-state index is 13.3. The maximum atomic E-state index is 13.3. The first-order valence-corrected chi connectivity index (χ1v) is 9.76. The molecule has 0 radical (unpaired) electrons. The van der Waals surface area contributed by atoms with Crippen molar-refractivity contribution >= 4 is 11.8 Å². The van der Waals surface area contributed by atoms with Crippen LogP contribution in [-0.2, 0) is 19.1 Å². The number of benzene rings is 1. The largest absolute Gasteiger partial charge is 0.465 e. The van der Waals surface area contributed by atoms with Gasteiger partial charge in [0.05, 0.1) is 23.7 Å². The van der Waals surface area contributed by atoms with E-state index in [1.54, 1.807) is 20.8 Å². The van der Waals surface area contributed by atoms with Gasteiger partial charge in [-0.25, -0.2) is 4.79 Å². The molecule has 0 aliphatic rings. The van der Waals surface area contributed by atoms with Gasteiger partial charge in [0.1, 0.15) is 6.54 Å². The average Bonchev–Trinajstić information content (AvgIpc) is 3.11. The minimum atomic E-state index is -4.95. The van der Waals surface area contributed by atoms with E-state index in [-0.39, 0.29) is 24.7 Å². The Morgan fingerprint density at radius 1 is 1.18 bits per heavy atom. The van der Waals surface area contributed by atoms with E-state index in [0.29, 0.717) is 11.0 Å². The first kappa shape index (κ1) is 26.7. The molecule has 2 rings (SSSR count).